The predicted octanol–water partition coefficient (Wildman–Crippen LogP) is 4.39. The van der Waals surface area contributed by atoms with E-state index < -0.39 is 0 Å². The summed E-state index contributed by atoms with van der Waals surface area (Å²) in [7, 11) is 0. The average molecular weight is 377 g/mol. The van der Waals surface area contributed by atoms with E-state index in [2.05, 4.69) is 26.5 Å². The third-order valence-electron chi connectivity index (χ3n) is 2.98. The van der Waals surface area contributed by atoms with Gasteiger partial charge in [0.05, 0.1) is 11.5 Å². The fraction of sp³-hybridized carbons (Fsp3) is 0.176. The van der Waals surface area contributed by atoms with Crippen LogP contribution in [-0.2, 0) is 4.79 Å². The van der Waals surface area contributed by atoms with Crippen LogP contribution in [0.2, 0.25) is 0 Å². The quantitative estimate of drug-likeness (QED) is 0.477. The number of rotatable bonds is 5. The number of carbonyl (C=O) groups is 1. The third kappa shape index (κ3) is 5.31. The number of hydrogen-bond donors (Lipinski definition) is 1. The van der Waals surface area contributed by atoms with Crippen molar-refractivity contribution in [1.82, 2.24) is 5.43 Å². The molecule has 22 heavy (non-hydrogen) atoms. The third-order valence-corrected chi connectivity index (χ3v) is 4.49. The first-order valence-corrected chi connectivity index (χ1v) is 8.61. The molecule has 0 aliphatic rings. The van der Waals surface area contributed by atoms with Crippen molar-refractivity contribution in [2.45, 2.75) is 18.7 Å². The lowest BCUT2D eigenvalue weighted by molar-refractivity contribution is -0.118. The molecule has 0 aliphatic heterocycles. The SMILES string of the molecule is C/C(=N/NC(=O)CSc1ccc(C)cc1)c1cccc(Br)c1. The molecule has 1 N–H and O–H groups in total. The summed E-state index contributed by atoms with van der Waals surface area (Å²) in [5.41, 5.74) is 5.55. The molecule has 0 aliphatic carbocycles. The Morgan fingerprint density at radius 3 is 2.64 bits per heavy atom. The highest BCUT2D eigenvalue weighted by Gasteiger charge is 2.03. The van der Waals surface area contributed by atoms with Gasteiger partial charge in [-0.25, -0.2) is 5.43 Å². The number of nitrogens with one attached hydrogen (secondary N) is 1. The molecule has 0 radical (unpaired) electrons. The van der Waals surface area contributed by atoms with E-state index in [9.17, 15) is 4.79 Å². The van der Waals surface area contributed by atoms with Gasteiger partial charge in [0.15, 0.2) is 0 Å². The second-order valence-corrected chi connectivity index (χ2v) is 6.81. The fourth-order valence-corrected chi connectivity index (χ4v) is 2.83. The number of thioether (sulfide) groups is 1. The zero-order valence-electron chi connectivity index (χ0n) is 12.5. The largest absolute Gasteiger partial charge is 0.272 e. The van der Waals surface area contributed by atoms with Crippen molar-refractivity contribution < 1.29 is 4.79 Å². The molecule has 1 amide bonds. The maximum Gasteiger partial charge on any atom is 0.250 e. The molecule has 2 aromatic rings. The first-order chi connectivity index (χ1) is 10.5. The highest BCUT2D eigenvalue weighted by Crippen LogP contribution is 2.17. The van der Waals surface area contributed by atoms with Gasteiger partial charge in [-0.1, -0.05) is 45.8 Å². The predicted molar refractivity (Wildman–Crippen MR) is 96.4 cm³/mol. The Hall–Kier alpha value is -1.59. The summed E-state index contributed by atoms with van der Waals surface area (Å²) in [5.74, 6) is 0.234. The van der Waals surface area contributed by atoms with Crippen LogP contribution in [0.25, 0.3) is 0 Å². The second kappa shape index (κ2) is 8.15. The zero-order chi connectivity index (χ0) is 15.9. The molecule has 0 aromatic heterocycles. The number of hydrogen-bond acceptors (Lipinski definition) is 3. The molecule has 0 heterocycles. The van der Waals surface area contributed by atoms with Crippen molar-refractivity contribution in [1.29, 1.82) is 0 Å². The van der Waals surface area contributed by atoms with Gasteiger partial charge >= 0.3 is 0 Å². The molecular weight excluding hydrogens is 360 g/mol. The summed E-state index contributed by atoms with van der Waals surface area (Å²) in [6, 6.07) is 15.9. The van der Waals surface area contributed by atoms with Crippen LogP contribution < -0.4 is 5.43 Å². The number of nitrogens with zero attached hydrogens (tertiary/aromatic N) is 1. The lowest BCUT2D eigenvalue weighted by atomic mass is 10.1. The molecule has 3 nitrogen and oxygen atoms in total. The molecule has 5 heteroatoms. The molecule has 0 fully saturated rings. The number of halogens is 1. The van der Waals surface area contributed by atoms with Crippen molar-refractivity contribution >= 4 is 39.3 Å². The van der Waals surface area contributed by atoms with Crippen molar-refractivity contribution in [3.8, 4) is 0 Å². The van der Waals surface area contributed by atoms with E-state index in [-0.39, 0.29) is 5.91 Å². The molecular formula is C17H17BrN2OS. The summed E-state index contributed by atoms with van der Waals surface area (Å²) >= 11 is 4.92. The summed E-state index contributed by atoms with van der Waals surface area (Å²) in [6.45, 7) is 3.91. The minimum absolute atomic E-state index is 0.111. The monoisotopic (exact) mass is 376 g/mol. The van der Waals surface area contributed by atoms with E-state index in [4.69, 9.17) is 0 Å². The van der Waals surface area contributed by atoms with Crippen molar-refractivity contribution in [2.75, 3.05) is 5.75 Å². The van der Waals surface area contributed by atoms with Crippen molar-refractivity contribution in [2.24, 2.45) is 5.10 Å². The molecule has 0 atom stereocenters. The van der Waals surface area contributed by atoms with Gasteiger partial charge in [0.25, 0.3) is 0 Å². The lowest BCUT2D eigenvalue weighted by Gasteiger charge is -2.04. The Bertz CT molecular complexity index is 683. The molecule has 0 bridgehead atoms. The van der Waals surface area contributed by atoms with Crippen LogP contribution in [0.5, 0.6) is 0 Å². The molecule has 0 saturated heterocycles. The van der Waals surface area contributed by atoms with Gasteiger partial charge in [-0.05, 0) is 43.7 Å². The molecule has 2 aromatic carbocycles. The Morgan fingerprint density at radius 1 is 1.23 bits per heavy atom. The molecule has 114 valence electrons. The van der Waals surface area contributed by atoms with Crippen molar-refractivity contribution in [3.05, 3.63) is 64.1 Å². The molecule has 2 rings (SSSR count). The van der Waals surface area contributed by atoms with E-state index in [1.807, 2.05) is 62.4 Å². The van der Waals surface area contributed by atoms with E-state index in [0.717, 1.165) is 20.6 Å². The Kier molecular flexibility index (Phi) is 6.21. The van der Waals surface area contributed by atoms with Gasteiger partial charge in [0.2, 0.25) is 5.91 Å². The lowest BCUT2D eigenvalue weighted by Crippen LogP contribution is -2.21. The van der Waals surface area contributed by atoms with E-state index in [0.29, 0.717) is 5.75 Å². The van der Waals surface area contributed by atoms with Gasteiger partial charge in [0.1, 0.15) is 0 Å². The van der Waals surface area contributed by atoms with Crippen LogP contribution >= 0.6 is 27.7 Å². The van der Waals surface area contributed by atoms with E-state index >= 15 is 0 Å². The van der Waals surface area contributed by atoms with Crippen molar-refractivity contribution in [3.63, 3.8) is 0 Å². The number of aryl methyl sites for hydroxylation is 1. The number of amides is 1. The summed E-state index contributed by atoms with van der Waals surface area (Å²) in [6.07, 6.45) is 0. The molecule has 0 unspecified atom stereocenters. The minimum Gasteiger partial charge on any atom is -0.272 e. The maximum absolute atomic E-state index is 11.8. The average Bonchev–Trinajstić information content (AvgIpc) is 2.52. The first kappa shape index (κ1) is 16.8. The van der Waals surface area contributed by atoms with E-state index in [1.165, 1.54) is 17.3 Å². The highest BCUT2D eigenvalue weighted by atomic mass is 79.9. The summed E-state index contributed by atoms with van der Waals surface area (Å²) < 4.78 is 0.987. The first-order valence-electron chi connectivity index (χ1n) is 6.83. The van der Waals surface area contributed by atoms with Gasteiger partial charge in [-0.15, -0.1) is 11.8 Å². The van der Waals surface area contributed by atoms with E-state index in [1.54, 1.807) is 0 Å². The van der Waals surface area contributed by atoms with Crippen LogP contribution in [0.4, 0.5) is 0 Å². The summed E-state index contributed by atoms with van der Waals surface area (Å²) in [4.78, 5) is 12.9. The highest BCUT2D eigenvalue weighted by molar-refractivity contribution is 9.10. The molecule has 0 spiro atoms. The summed E-state index contributed by atoms with van der Waals surface area (Å²) in [5, 5.41) is 4.14. The van der Waals surface area contributed by atoms with Crippen LogP contribution in [-0.4, -0.2) is 17.4 Å². The van der Waals surface area contributed by atoms with Crippen LogP contribution in [0.3, 0.4) is 0 Å². The zero-order valence-corrected chi connectivity index (χ0v) is 14.9. The Morgan fingerprint density at radius 2 is 1.95 bits per heavy atom. The standard InChI is InChI=1S/C17H17BrN2OS/c1-12-6-8-16(9-7-12)22-11-17(21)20-19-13(2)14-4-3-5-15(18)10-14/h3-10H,11H2,1-2H3,(H,20,21)/b19-13-. The fourth-order valence-electron chi connectivity index (χ4n) is 1.74. The van der Waals surface area contributed by atoms with Gasteiger partial charge in [-0.2, -0.15) is 5.10 Å². The van der Waals surface area contributed by atoms with Gasteiger partial charge in [-0.3, -0.25) is 4.79 Å². The van der Waals surface area contributed by atoms with Gasteiger partial charge in [0, 0.05) is 9.37 Å². The Balaban J connectivity index is 1.86. The van der Waals surface area contributed by atoms with Crippen LogP contribution in [0, 0.1) is 6.92 Å². The van der Waals surface area contributed by atoms with Crippen LogP contribution in [0.15, 0.2) is 63.0 Å². The Labute approximate surface area is 143 Å². The number of benzene rings is 2. The minimum atomic E-state index is -0.111. The van der Waals surface area contributed by atoms with Gasteiger partial charge < -0.3 is 0 Å². The second-order valence-electron chi connectivity index (χ2n) is 4.84. The smallest absolute Gasteiger partial charge is 0.250 e. The molecule has 0 saturated carbocycles. The number of hydrazone groups is 1. The normalized spacial score (nSPS) is 11.3. The topological polar surface area (TPSA) is 41.5 Å². The number of carbonyl (C=O) groups excluding carboxylic acids is 1. The maximum atomic E-state index is 11.8. The van der Waals surface area contributed by atoms with Crippen LogP contribution in [0.1, 0.15) is 18.1 Å².